The molecule has 0 heterocycles. The topological polar surface area (TPSA) is 50.7 Å². The van der Waals surface area contributed by atoms with Crippen molar-refractivity contribution in [2.24, 2.45) is 5.10 Å². The maximum absolute atomic E-state index is 12.3. The fourth-order valence-corrected chi connectivity index (χ4v) is 2.33. The van der Waals surface area contributed by atoms with E-state index in [4.69, 9.17) is 16.3 Å². The summed E-state index contributed by atoms with van der Waals surface area (Å²) >= 11 is 9.23. The molecule has 0 radical (unpaired) electrons. The second-order valence-corrected chi connectivity index (χ2v) is 5.85. The Hall–Kier alpha value is -2.11. The molecule has 23 heavy (non-hydrogen) atoms. The monoisotopic (exact) mass is 392 g/mol. The van der Waals surface area contributed by atoms with Gasteiger partial charge in [-0.15, -0.1) is 0 Å². The van der Waals surface area contributed by atoms with Crippen LogP contribution in [0.4, 0.5) is 0 Å². The number of benzene rings is 2. The van der Waals surface area contributed by atoms with Gasteiger partial charge in [-0.1, -0.05) is 52.3 Å². The Labute approximate surface area is 147 Å². The van der Waals surface area contributed by atoms with E-state index >= 15 is 0 Å². The van der Waals surface area contributed by atoms with E-state index in [1.807, 2.05) is 6.07 Å². The third kappa shape index (κ3) is 5.23. The summed E-state index contributed by atoms with van der Waals surface area (Å²) in [5, 5.41) is 4.54. The highest BCUT2D eigenvalue weighted by Gasteiger charge is 2.12. The van der Waals surface area contributed by atoms with Gasteiger partial charge in [0.15, 0.2) is 0 Å². The molecule has 0 atom stereocenters. The van der Waals surface area contributed by atoms with Crippen molar-refractivity contribution in [3.8, 4) is 5.75 Å². The predicted octanol–water partition coefficient (Wildman–Crippen LogP) is 4.43. The first-order chi connectivity index (χ1) is 11.1. The highest BCUT2D eigenvalue weighted by molar-refractivity contribution is 9.10. The van der Waals surface area contributed by atoms with E-state index in [9.17, 15) is 4.79 Å². The molecule has 0 aromatic heterocycles. The number of carbonyl (C=O) groups excluding carboxylic acids is 1. The molecule has 2 aromatic rings. The van der Waals surface area contributed by atoms with Crippen LogP contribution in [-0.2, 0) is 0 Å². The average Bonchev–Trinajstić information content (AvgIpc) is 2.53. The second kappa shape index (κ2) is 8.50. The van der Waals surface area contributed by atoms with E-state index in [0.717, 1.165) is 10.0 Å². The summed E-state index contributed by atoms with van der Waals surface area (Å²) in [7, 11) is 0. The maximum atomic E-state index is 12.3. The molecule has 0 spiro atoms. The smallest absolute Gasteiger partial charge is 0.275 e. The largest absolute Gasteiger partial charge is 0.489 e. The number of rotatable bonds is 6. The van der Waals surface area contributed by atoms with Crippen molar-refractivity contribution in [2.75, 3.05) is 6.61 Å². The Kier molecular flexibility index (Phi) is 6.38. The van der Waals surface area contributed by atoms with Crippen LogP contribution < -0.4 is 10.2 Å². The van der Waals surface area contributed by atoms with Crippen molar-refractivity contribution in [2.45, 2.75) is 0 Å². The zero-order valence-corrected chi connectivity index (χ0v) is 14.5. The van der Waals surface area contributed by atoms with Crippen molar-refractivity contribution >= 4 is 39.7 Å². The van der Waals surface area contributed by atoms with Gasteiger partial charge in [0.25, 0.3) is 5.91 Å². The summed E-state index contributed by atoms with van der Waals surface area (Å²) in [6, 6.07) is 12.3. The van der Waals surface area contributed by atoms with Gasteiger partial charge in [0.2, 0.25) is 0 Å². The van der Waals surface area contributed by atoms with Gasteiger partial charge in [-0.3, -0.25) is 4.79 Å². The van der Waals surface area contributed by atoms with Crippen LogP contribution in [0.15, 0.2) is 64.7 Å². The van der Waals surface area contributed by atoms with Crippen LogP contribution in [-0.4, -0.2) is 18.7 Å². The first-order valence-corrected chi connectivity index (χ1v) is 7.89. The predicted molar refractivity (Wildman–Crippen MR) is 96.3 cm³/mol. The highest BCUT2D eigenvalue weighted by Crippen LogP contribution is 2.23. The van der Waals surface area contributed by atoms with Crippen molar-refractivity contribution in [3.05, 3.63) is 75.7 Å². The second-order valence-electron chi connectivity index (χ2n) is 4.49. The Bertz CT molecular complexity index is 747. The van der Waals surface area contributed by atoms with Gasteiger partial charge in [-0.2, -0.15) is 5.10 Å². The first kappa shape index (κ1) is 17.2. The van der Waals surface area contributed by atoms with E-state index in [0.29, 0.717) is 22.9 Å². The average molecular weight is 394 g/mol. The molecule has 2 rings (SSSR count). The van der Waals surface area contributed by atoms with Crippen LogP contribution in [0.2, 0.25) is 5.02 Å². The summed E-state index contributed by atoms with van der Waals surface area (Å²) in [5.74, 6) is 0.0900. The number of amides is 1. The Morgan fingerprint density at radius 1 is 1.35 bits per heavy atom. The lowest BCUT2D eigenvalue weighted by atomic mass is 10.2. The Morgan fingerprint density at radius 2 is 2.17 bits per heavy atom. The fraction of sp³-hybridized carbons (Fsp3) is 0.0588. The summed E-state index contributed by atoms with van der Waals surface area (Å²) in [4.78, 5) is 12.3. The number of halogens is 2. The number of nitrogens with one attached hydrogen (secondary N) is 1. The lowest BCUT2D eigenvalue weighted by Crippen LogP contribution is -2.18. The van der Waals surface area contributed by atoms with E-state index < -0.39 is 0 Å². The molecule has 0 saturated heterocycles. The Balaban J connectivity index is 2.10. The normalized spacial score (nSPS) is 10.5. The SMILES string of the molecule is C=CCOc1ccc(Br)cc1C(=O)N/N=C\c1cccc(Cl)c1. The number of hydrogen-bond donors (Lipinski definition) is 1. The quantitative estimate of drug-likeness (QED) is 0.448. The van der Waals surface area contributed by atoms with E-state index in [1.165, 1.54) is 6.21 Å². The number of hydrazone groups is 1. The van der Waals surface area contributed by atoms with Crippen LogP contribution in [0.1, 0.15) is 15.9 Å². The molecule has 4 nitrogen and oxygen atoms in total. The molecule has 2 aromatic carbocycles. The molecular weight excluding hydrogens is 380 g/mol. The summed E-state index contributed by atoms with van der Waals surface area (Å²) < 4.78 is 6.24. The lowest BCUT2D eigenvalue weighted by Gasteiger charge is -2.09. The van der Waals surface area contributed by atoms with Gasteiger partial charge in [0.1, 0.15) is 12.4 Å². The molecule has 0 aliphatic carbocycles. The highest BCUT2D eigenvalue weighted by atomic mass is 79.9. The molecule has 0 bridgehead atoms. The maximum Gasteiger partial charge on any atom is 0.275 e. The third-order valence-electron chi connectivity index (χ3n) is 2.77. The van der Waals surface area contributed by atoms with Crippen molar-refractivity contribution in [1.82, 2.24) is 5.43 Å². The summed E-state index contributed by atoms with van der Waals surface area (Å²) in [5.41, 5.74) is 3.64. The lowest BCUT2D eigenvalue weighted by molar-refractivity contribution is 0.0951. The molecule has 0 unspecified atom stereocenters. The minimum atomic E-state index is -0.372. The minimum Gasteiger partial charge on any atom is -0.489 e. The molecule has 0 aliphatic heterocycles. The molecule has 1 amide bonds. The van der Waals surface area contributed by atoms with Crippen LogP contribution in [0.3, 0.4) is 0 Å². The van der Waals surface area contributed by atoms with Gasteiger partial charge < -0.3 is 4.74 Å². The zero-order chi connectivity index (χ0) is 16.7. The summed E-state index contributed by atoms with van der Waals surface area (Å²) in [6.07, 6.45) is 3.13. The van der Waals surface area contributed by atoms with E-state index in [1.54, 1.807) is 42.5 Å². The van der Waals surface area contributed by atoms with Crippen LogP contribution in [0.25, 0.3) is 0 Å². The molecule has 0 fully saturated rings. The zero-order valence-electron chi connectivity index (χ0n) is 12.1. The number of nitrogens with zero attached hydrogens (tertiary/aromatic N) is 1. The molecule has 0 aliphatic rings. The first-order valence-electron chi connectivity index (χ1n) is 6.72. The Morgan fingerprint density at radius 3 is 2.91 bits per heavy atom. The van der Waals surface area contributed by atoms with Crippen molar-refractivity contribution in [1.29, 1.82) is 0 Å². The van der Waals surface area contributed by atoms with Gasteiger partial charge in [-0.05, 0) is 35.9 Å². The van der Waals surface area contributed by atoms with Crippen LogP contribution >= 0.6 is 27.5 Å². The van der Waals surface area contributed by atoms with Crippen LogP contribution in [0.5, 0.6) is 5.75 Å². The molecule has 1 N–H and O–H groups in total. The van der Waals surface area contributed by atoms with Crippen molar-refractivity contribution in [3.63, 3.8) is 0 Å². The standard InChI is InChI=1S/C17H14BrClN2O2/c1-2-8-23-16-7-6-13(18)10-15(16)17(22)21-20-11-12-4-3-5-14(19)9-12/h2-7,9-11H,1,8H2,(H,21,22)/b20-11-. The van der Waals surface area contributed by atoms with E-state index in [2.05, 4.69) is 33.0 Å². The number of hydrogen-bond acceptors (Lipinski definition) is 3. The molecular formula is C17H14BrClN2O2. The molecule has 0 saturated carbocycles. The fourth-order valence-electron chi connectivity index (χ4n) is 1.77. The van der Waals surface area contributed by atoms with Crippen molar-refractivity contribution < 1.29 is 9.53 Å². The third-order valence-corrected chi connectivity index (χ3v) is 3.50. The number of ether oxygens (including phenoxy) is 1. The van der Waals surface area contributed by atoms with Gasteiger partial charge in [-0.25, -0.2) is 5.43 Å². The van der Waals surface area contributed by atoms with Crippen LogP contribution in [0, 0.1) is 0 Å². The minimum absolute atomic E-state index is 0.313. The van der Waals surface area contributed by atoms with E-state index in [-0.39, 0.29) is 5.91 Å². The number of carbonyl (C=O) groups is 1. The van der Waals surface area contributed by atoms with Gasteiger partial charge >= 0.3 is 0 Å². The molecule has 118 valence electrons. The summed E-state index contributed by atoms with van der Waals surface area (Å²) in [6.45, 7) is 3.90. The van der Waals surface area contributed by atoms with Gasteiger partial charge in [0, 0.05) is 9.50 Å². The van der Waals surface area contributed by atoms with Gasteiger partial charge in [0.05, 0.1) is 11.8 Å². The molecule has 6 heteroatoms.